The fourth-order valence-electron chi connectivity index (χ4n) is 2.69. The van der Waals surface area contributed by atoms with Crippen LogP contribution in [0.25, 0.3) is 0 Å². The number of nitrogens with one attached hydrogen (secondary N) is 1. The molecule has 1 saturated heterocycles. The molecule has 1 aromatic heterocycles. The number of pyridine rings is 1. The molecule has 126 valence electrons. The summed E-state index contributed by atoms with van der Waals surface area (Å²) in [4.78, 5) is 16.9. The highest BCUT2D eigenvalue weighted by atomic mass is 35.5. The molecule has 0 atom stereocenters. The van der Waals surface area contributed by atoms with Gasteiger partial charge in [0.25, 0.3) is 5.91 Å². The van der Waals surface area contributed by atoms with Crippen molar-refractivity contribution >= 4 is 28.9 Å². The van der Waals surface area contributed by atoms with Gasteiger partial charge in [0.05, 0.1) is 16.9 Å². The number of rotatable bonds is 3. The van der Waals surface area contributed by atoms with Crippen molar-refractivity contribution in [3.8, 4) is 0 Å². The molecule has 0 saturated carbocycles. The van der Waals surface area contributed by atoms with Gasteiger partial charge in [0.2, 0.25) is 0 Å². The predicted octanol–water partition coefficient (Wildman–Crippen LogP) is 1.98. The zero-order chi connectivity index (χ0) is 17.1. The van der Waals surface area contributed by atoms with Crippen molar-refractivity contribution in [2.24, 2.45) is 0 Å². The lowest BCUT2D eigenvalue weighted by Crippen LogP contribution is -2.44. The molecule has 6 nitrogen and oxygen atoms in total. The molecule has 2 aromatic rings. The lowest BCUT2D eigenvalue weighted by atomic mass is 10.2. The number of carbonyl (C=O) groups excluding carboxylic acids is 1. The van der Waals surface area contributed by atoms with Crippen molar-refractivity contribution in [1.82, 2.24) is 4.90 Å². The molecule has 24 heavy (non-hydrogen) atoms. The third-order valence-corrected chi connectivity index (χ3v) is 4.35. The number of amides is 1. The van der Waals surface area contributed by atoms with Gasteiger partial charge < -0.3 is 20.3 Å². The van der Waals surface area contributed by atoms with Gasteiger partial charge in [0.1, 0.15) is 0 Å². The second kappa shape index (κ2) is 7.07. The van der Waals surface area contributed by atoms with Gasteiger partial charge in [-0.2, -0.15) is 4.73 Å². The molecular weight excluding hydrogens is 328 g/mol. The smallest absolute Gasteiger partial charge is 0.256 e. The summed E-state index contributed by atoms with van der Waals surface area (Å²) < 4.78 is 0.645. The van der Waals surface area contributed by atoms with E-state index in [1.165, 1.54) is 24.5 Å². The summed E-state index contributed by atoms with van der Waals surface area (Å²) >= 11 is 6.11. The molecule has 1 aliphatic heterocycles. The normalized spacial score (nSPS) is 15.3. The van der Waals surface area contributed by atoms with Gasteiger partial charge >= 0.3 is 0 Å². The second-order valence-corrected chi connectivity index (χ2v) is 6.29. The minimum Gasteiger partial charge on any atom is -0.619 e. The van der Waals surface area contributed by atoms with Gasteiger partial charge in [-0.15, -0.1) is 0 Å². The first-order valence-electron chi connectivity index (χ1n) is 7.76. The van der Waals surface area contributed by atoms with Crippen LogP contribution < -0.4 is 14.9 Å². The van der Waals surface area contributed by atoms with Crippen LogP contribution >= 0.6 is 11.6 Å². The number of likely N-dealkylation sites (N-methyl/N-ethyl adjacent to an activating group) is 1. The quantitative estimate of drug-likeness (QED) is 0.682. The Morgan fingerprint density at radius 3 is 2.50 bits per heavy atom. The number of benzene rings is 1. The lowest BCUT2D eigenvalue weighted by Gasteiger charge is -2.35. The van der Waals surface area contributed by atoms with E-state index in [1.54, 1.807) is 6.07 Å². The molecule has 0 radical (unpaired) electrons. The van der Waals surface area contributed by atoms with Gasteiger partial charge in [0.15, 0.2) is 12.4 Å². The molecule has 0 spiro atoms. The van der Waals surface area contributed by atoms with Crippen molar-refractivity contribution in [3.05, 3.63) is 58.5 Å². The Morgan fingerprint density at radius 1 is 1.17 bits per heavy atom. The average Bonchev–Trinajstić information content (AvgIpc) is 2.57. The fraction of sp³-hybridized carbons (Fsp3) is 0.294. The van der Waals surface area contributed by atoms with E-state index in [0.717, 1.165) is 31.9 Å². The van der Waals surface area contributed by atoms with E-state index in [-0.39, 0.29) is 5.91 Å². The van der Waals surface area contributed by atoms with Crippen molar-refractivity contribution in [3.63, 3.8) is 0 Å². The molecule has 1 aliphatic rings. The van der Waals surface area contributed by atoms with E-state index in [4.69, 9.17) is 11.6 Å². The molecular formula is C17H19ClN4O2. The van der Waals surface area contributed by atoms with Crippen LogP contribution in [-0.2, 0) is 0 Å². The van der Waals surface area contributed by atoms with Gasteiger partial charge in [-0.25, -0.2) is 0 Å². The van der Waals surface area contributed by atoms with E-state index in [0.29, 0.717) is 21.0 Å². The number of hydrogen-bond donors (Lipinski definition) is 1. The van der Waals surface area contributed by atoms with Crippen LogP contribution in [0.4, 0.5) is 11.4 Å². The van der Waals surface area contributed by atoms with Gasteiger partial charge in [0, 0.05) is 43.3 Å². The number of nitrogens with zero attached hydrogens (tertiary/aromatic N) is 3. The number of aromatic nitrogens is 1. The highest BCUT2D eigenvalue weighted by Gasteiger charge is 2.19. The zero-order valence-corrected chi connectivity index (χ0v) is 14.2. The summed E-state index contributed by atoms with van der Waals surface area (Å²) in [5.74, 6) is -0.270. The molecule has 0 bridgehead atoms. The third-order valence-electron chi connectivity index (χ3n) is 4.11. The number of halogens is 1. The van der Waals surface area contributed by atoms with E-state index in [9.17, 15) is 10.0 Å². The van der Waals surface area contributed by atoms with Crippen LogP contribution in [0.15, 0.2) is 42.7 Å². The summed E-state index contributed by atoms with van der Waals surface area (Å²) in [7, 11) is 2.10. The maximum Gasteiger partial charge on any atom is 0.256 e. The summed E-state index contributed by atoms with van der Waals surface area (Å²) in [5, 5.41) is 14.6. The van der Waals surface area contributed by atoms with E-state index >= 15 is 0 Å². The van der Waals surface area contributed by atoms with E-state index in [2.05, 4.69) is 22.2 Å². The predicted molar refractivity (Wildman–Crippen MR) is 94.5 cm³/mol. The number of carbonyl (C=O) groups is 1. The molecule has 3 rings (SSSR count). The summed E-state index contributed by atoms with van der Waals surface area (Å²) in [6, 6.07) is 8.49. The minimum atomic E-state index is -0.270. The summed E-state index contributed by atoms with van der Waals surface area (Å²) in [6.07, 6.45) is 2.60. The molecule has 0 aliphatic carbocycles. The van der Waals surface area contributed by atoms with Gasteiger partial charge in [-0.3, -0.25) is 4.79 Å². The highest BCUT2D eigenvalue weighted by molar-refractivity contribution is 6.31. The first-order chi connectivity index (χ1) is 11.5. The Balaban J connectivity index is 1.82. The summed E-state index contributed by atoms with van der Waals surface area (Å²) in [6.45, 7) is 3.72. The van der Waals surface area contributed by atoms with E-state index < -0.39 is 0 Å². The van der Waals surface area contributed by atoms with Crippen LogP contribution in [0.1, 0.15) is 10.4 Å². The maximum absolute atomic E-state index is 12.4. The fourth-order valence-corrected chi connectivity index (χ4v) is 2.86. The van der Waals surface area contributed by atoms with E-state index in [1.807, 2.05) is 12.1 Å². The molecule has 0 unspecified atom stereocenters. The van der Waals surface area contributed by atoms with Crippen molar-refractivity contribution < 1.29 is 9.52 Å². The topological polar surface area (TPSA) is 62.5 Å². The maximum atomic E-state index is 12.4. The molecule has 1 fully saturated rings. The van der Waals surface area contributed by atoms with Crippen molar-refractivity contribution in [2.45, 2.75) is 0 Å². The van der Waals surface area contributed by atoms with Gasteiger partial charge in [-0.05, 0) is 25.2 Å². The SMILES string of the molecule is CN1CCN(c2ccc(Cl)cc2NC(=O)c2cc[n+]([O-])cc2)CC1. The summed E-state index contributed by atoms with van der Waals surface area (Å²) in [5.41, 5.74) is 2.05. The molecule has 2 heterocycles. The number of anilines is 2. The first-order valence-corrected chi connectivity index (χ1v) is 8.14. The molecule has 7 heteroatoms. The molecule has 1 N–H and O–H groups in total. The standard InChI is InChI=1S/C17H19ClN4O2/c1-20-8-10-21(11-9-20)16-3-2-14(18)12-15(16)19-17(23)13-4-6-22(24)7-5-13/h2-7,12H,8-11H2,1H3,(H,19,23). The van der Waals surface area contributed by atoms with Crippen LogP contribution in [0.5, 0.6) is 0 Å². The monoisotopic (exact) mass is 346 g/mol. The Bertz CT molecular complexity index is 728. The second-order valence-electron chi connectivity index (χ2n) is 5.85. The Kier molecular flexibility index (Phi) is 4.87. The molecule has 1 amide bonds. The first kappa shape index (κ1) is 16.5. The highest BCUT2D eigenvalue weighted by Crippen LogP contribution is 2.30. The third kappa shape index (κ3) is 3.77. The zero-order valence-electron chi connectivity index (χ0n) is 13.4. The van der Waals surface area contributed by atoms with Crippen LogP contribution in [0.3, 0.4) is 0 Å². The average molecular weight is 347 g/mol. The number of piperazine rings is 1. The minimum absolute atomic E-state index is 0.270. The van der Waals surface area contributed by atoms with Crippen molar-refractivity contribution in [1.29, 1.82) is 0 Å². The molecule has 1 aromatic carbocycles. The Morgan fingerprint density at radius 2 is 1.83 bits per heavy atom. The Labute approximate surface area is 145 Å². The Hall–Kier alpha value is -2.31. The van der Waals surface area contributed by atoms with Gasteiger partial charge in [-0.1, -0.05) is 11.6 Å². The van der Waals surface area contributed by atoms with Crippen LogP contribution in [0.2, 0.25) is 5.02 Å². The van der Waals surface area contributed by atoms with Crippen LogP contribution in [-0.4, -0.2) is 44.0 Å². The lowest BCUT2D eigenvalue weighted by molar-refractivity contribution is -0.605. The van der Waals surface area contributed by atoms with Crippen LogP contribution in [0, 0.1) is 5.21 Å². The number of hydrogen-bond acceptors (Lipinski definition) is 4. The largest absolute Gasteiger partial charge is 0.619 e. The van der Waals surface area contributed by atoms with Crippen molar-refractivity contribution in [2.75, 3.05) is 43.4 Å².